The Hall–Kier alpha value is -1.40. The van der Waals surface area contributed by atoms with Crippen LogP contribution in [-0.2, 0) is 21.2 Å². The molecule has 5 nitrogen and oxygen atoms in total. The zero-order chi connectivity index (χ0) is 18.3. The van der Waals surface area contributed by atoms with E-state index in [1.807, 2.05) is 6.92 Å². The number of carbonyl (C=O) groups excluding carboxylic acids is 1. The van der Waals surface area contributed by atoms with Gasteiger partial charge in [0.15, 0.2) is 0 Å². The third-order valence-corrected chi connectivity index (χ3v) is 5.96. The smallest absolute Gasteiger partial charge is 0.240 e. The summed E-state index contributed by atoms with van der Waals surface area (Å²) in [5.74, 6) is 0.0519. The Balaban J connectivity index is 1.76. The predicted octanol–water partition coefficient (Wildman–Crippen LogP) is 3.14. The molecule has 1 saturated carbocycles. The monoisotopic (exact) mass is 366 g/mol. The summed E-state index contributed by atoms with van der Waals surface area (Å²) in [4.78, 5) is 12.3. The molecule has 2 N–H and O–H groups in total. The summed E-state index contributed by atoms with van der Waals surface area (Å²) in [6.45, 7) is 4.21. The number of benzene rings is 1. The first-order chi connectivity index (χ1) is 11.9. The van der Waals surface area contributed by atoms with Crippen molar-refractivity contribution in [2.24, 2.45) is 0 Å². The average molecular weight is 367 g/mol. The van der Waals surface area contributed by atoms with E-state index in [4.69, 9.17) is 0 Å². The lowest BCUT2D eigenvalue weighted by molar-refractivity contribution is -0.121. The van der Waals surface area contributed by atoms with Crippen molar-refractivity contribution in [2.45, 2.75) is 82.2 Å². The highest BCUT2D eigenvalue weighted by molar-refractivity contribution is 7.89. The van der Waals surface area contributed by atoms with Gasteiger partial charge in [0.05, 0.1) is 4.90 Å². The van der Waals surface area contributed by atoms with Crippen LogP contribution in [-0.4, -0.2) is 26.4 Å². The van der Waals surface area contributed by atoms with Crippen LogP contribution in [0.3, 0.4) is 0 Å². The van der Waals surface area contributed by atoms with Gasteiger partial charge in [-0.2, -0.15) is 0 Å². The first kappa shape index (κ1) is 19.9. The summed E-state index contributed by atoms with van der Waals surface area (Å²) in [6.07, 6.45) is 7.41. The van der Waals surface area contributed by atoms with Crippen LogP contribution in [0.15, 0.2) is 29.2 Å². The van der Waals surface area contributed by atoms with Gasteiger partial charge in [-0.3, -0.25) is 4.79 Å². The Kier molecular flexibility index (Phi) is 7.44. The molecule has 25 heavy (non-hydrogen) atoms. The van der Waals surface area contributed by atoms with Crippen LogP contribution in [0.4, 0.5) is 0 Å². The predicted molar refractivity (Wildman–Crippen MR) is 99.9 cm³/mol. The highest BCUT2D eigenvalue weighted by Crippen LogP contribution is 2.22. The third-order valence-electron chi connectivity index (χ3n) is 4.42. The van der Waals surface area contributed by atoms with Crippen molar-refractivity contribution in [2.75, 3.05) is 0 Å². The fourth-order valence-corrected chi connectivity index (χ4v) is 4.01. The molecule has 0 spiro atoms. The third kappa shape index (κ3) is 7.16. The zero-order valence-electron chi connectivity index (χ0n) is 15.3. The van der Waals surface area contributed by atoms with Crippen LogP contribution in [0.1, 0.15) is 64.4 Å². The number of carbonyl (C=O) groups is 1. The molecule has 140 valence electrons. The van der Waals surface area contributed by atoms with Gasteiger partial charge in [-0.1, -0.05) is 38.3 Å². The first-order valence-electron chi connectivity index (χ1n) is 9.31. The van der Waals surface area contributed by atoms with Crippen molar-refractivity contribution >= 4 is 15.9 Å². The summed E-state index contributed by atoms with van der Waals surface area (Å²) in [5, 5.41) is 3.03. The summed E-state index contributed by atoms with van der Waals surface area (Å²) < 4.78 is 26.9. The molecule has 1 aliphatic rings. The van der Waals surface area contributed by atoms with E-state index < -0.39 is 10.0 Å². The van der Waals surface area contributed by atoms with Gasteiger partial charge in [-0.05, 0) is 50.3 Å². The van der Waals surface area contributed by atoms with Crippen molar-refractivity contribution in [1.82, 2.24) is 10.0 Å². The molecule has 2 rings (SSSR count). The second-order valence-corrected chi connectivity index (χ2v) is 8.72. The van der Waals surface area contributed by atoms with Crippen molar-refractivity contribution in [3.05, 3.63) is 29.8 Å². The molecule has 0 aliphatic heterocycles. The second kappa shape index (κ2) is 9.34. The van der Waals surface area contributed by atoms with Gasteiger partial charge in [-0.15, -0.1) is 0 Å². The zero-order valence-corrected chi connectivity index (χ0v) is 16.1. The minimum absolute atomic E-state index is 0.0519. The number of hydrogen-bond acceptors (Lipinski definition) is 3. The van der Waals surface area contributed by atoms with Crippen LogP contribution in [0.25, 0.3) is 0 Å². The average Bonchev–Trinajstić information content (AvgIpc) is 3.37. The SMILES string of the molecule is CCCCCC(C)NC(=O)CCc1ccc(S(=O)(=O)NC2CC2)cc1. The van der Waals surface area contributed by atoms with Gasteiger partial charge in [-0.25, -0.2) is 13.1 Å². The van der Waals surface area contributed by atoms with Crippen molar-refractivity contribution < 1.29 is 13.2 Å². The van der Waals surface area contributed by atoms with Crippen LogP contribution in [0, 0.1) is 0 Å². The maximum atomic E-state index is 12.1. The Bertz CT molecular complexity index is 652. The number of nitrogens with one attached hydrogen (secondary N) is 2. The van der Waals surface area contributed by atoms with Crippen molar-refractivity contribution in [1.29, 1.82) is 0 Å². The van der Waals surface area contributed by atoms with E-state index in [0.717, 1.165) is 31.2 Å². The van der Waals surface area contributed by atoms with Crippen molar-refractivity contribution in [3.8, 4) is 0 Å². The highest BCUT2D eigenvalue weighted by atomic mass is 32.2. The van der Waals surface area contributed by atoms with Crippen LogP contribution in [0.5, 0.6) is 0 Å². The lowest BCUT2D eigenvalue weighted by atomic mass is 10.1. The molecule has 1 unspecified atom stereocenters. The van der Waals surface area contributed by atoms with E-state index in [2.05, 4.69) is 17.0 Å². The van der Waals surface area contributed by atoms with E-state index in [0.29, 0.717) is 12.8 Å². The number of rotatable bonds is 11. The first-order valence-corrected chi connectivity index (χ1v) is 10.8. The number of sulfonamides is 1. The molecule has 1 aromatic rings. The van der Waals surface area contributed by atoms with Gasteiger partial charge in [0.1, 0.15) is 0 Å². The van der Waals surface area contributed by atoms with Gasteiger partial charge in [0, 0.05) is 18.5 Å². The lowest BCUT2D eigenvalue weighted by Crippen LogP contribution is -2.32. The van der Waals surface area contributed by atoms with E-state index in [1.54, 1.807) is 24.3 Å². The molecule has 0 bridgehead atoms. The van der Waals surface area contributed by atoms with Crippen molar-refractivity contribution in [3.63, 3.8) is 0 Å². The Morgan fingerprint density at radius 3 is 2.48 bits per heavy atom. The van der Waals surface area contributed by atoms with Gasteiger partial charge < -0.3 is 5.32 Å². The quantitative estimate of drug-likeness (QED) is 0.591. The highest BCUT2D eigenvalue weighted by Gasteiger charge is 2.27. The fourth-order valence-electron chi connectivity index (χ4n) is 2.70. The number of amides is 1. The normalized spacial score (nSPS) is 15.8. The molecular weight excluding hydrogens is 336 g/mol. The Morgan fingerprint density at radius 1 is 1.20 bits per heavy atom. The van der Waals surface area contributed by atoms with Crippen LogP contribution >= 0.6 is 0 Å². The van der Waals surface area contributed by atoms with Gasteiger partial charge in [0.25, 0.3) is 0 Å². The fraction of sp³-hybridized carbons (Fsp3) is 0.632. The Morgan fingerprint density at radius 2 is 1.88 bits per heavy atom. The maximum absolute atomic E-state index is 12.1. The summed E-state index contributed by atoms with van der Waals surface area (Å²) >= 11 is 0. The topological polar surface area (TPSA) is 75.3 Å². The molecule has 0 aromatic heterocycles. The standard InChI is InChI=1S/C19H30N2O3S/c1-3-4-5-6-15(2)20-19(22)14-9-16-7-12-18(13-8-16)25(23,24)21-17-10-11-17/h7-8,12-13,15,17,21H,3-6,9-11,14H2,1-2H3,(H,20,22). The number of unbranched alkanes of at least 4 members (excludes halogenated alkanes) is 2. The summed E-state index contributed by atoms with van der Waals surface area (Å²) in [5.41, 5.74) is 0.971. The number of hydrogen-bond donors (Lipinski definition) is 2. The van der Waals surface area contributed by atoms with E-state index in [9.17, 15) is 13.2 Å². The summed E-state index contributed by atoms with van der Waals surface area (Å²) in [7, 11) is -3.40. The molecule has 1 atom stereocenters. The molecule has 6 heteroatoms. The molecule has 1 aromatic carbocycles. The molecular formula is C19H30N2O3S. The molecule has 1 fully saturated rings. The Labute approximate surface area is 151 Å². The molecule has 1 aliphatic carbocycles. The lowest BCUT2D eigenvalue weighted by Gasteiger charge is -2.13. The minimum atomic E-state index is -3.40. The van der Waals surface area contributed by atoms with E-state index in [-0.39, 0.29) is 22.9 Å². The molecule has 0 saturated heterocycles. The van der Waals surface area contributed by atoms with E-state index in [1.165, 1.54) is 12.8 Å². The minimum Gasteiger partial charge on any atom is -0.354 e. The molecule has 0 radical (unpaired) electrons. The largest absolute Gasteiger partial charge is 0.354 e. The summed E-state index contributed by atoms with van der Waals surface area (Å²) in [6, 6.07) is 7.13. The van der Waals surface area contributed by atoms with E-state index >= 15 is 0 Å². The second-order valence-electron chi connectivity index (χ2n) is 7.00. The number of aryl methyl sites for hydroxylation is 1. The van der Waals surface area contributed by atoms with Crippen LogP contribution in [0.2, 0.25) is 0 Å². The van der Waals surface area contributed by atoms with Gasteiger partial charge >= 0.3 is 0 Å². The molecule has 0 heterocycles. The molecule has 1 amide bonds. The van der Waals surface area contributed by atoms with Crippen LogP contribution < -0.4 is 10.0 Å². The van der Waals surface area contributed by atoms with Gasteiger partial charge in [0.2, 0.25) is 15.9 Å². The maximum Gasteiger partial charge on any atom is 0.240 e.